The van der Waals surface area contributed by atoms with E-state index in [9.17, 15) is 9.18 Å². The van der Waals surface area contributed by atoms with Crippen molar-refractivity contribution in [3.63, 3.8) is 0 Å². The van der Waals surface area contributed by atoms with Crippen LogP contribution in [-0.2, 0) is 11.2 Å². The normalized spacial score (nSPS) is 13.9. The molecule has 1 aromatic carbocycles. The Morgan fingerprint density at radius 2 is 2.20 bits per heavy atom. The zero-order valence-corrected chi connectivity index (χ0v) is 8.20. The first-order valence-corrected chi connectivity index (χ1v) is 4.37. The molecule has 0 saturated heterocycles. The van der Waals surface area contributed by atoms with Crippen LogP contribution in [0.4, 0.5) is 4.39 Å². The molecule has 78 valence electrons. The van der Waals surface area contributed by atoms with Gasteiger partial charge in [-0.3, -0.25) is 4.79 Å². The maximum atomic E-state index is 13.2. The fraction of sp³-hybridized carbons (Fsp3) is 0.273. The number of nitriles is 1. The van der Waals surface area contributed by atoms with Gasteiger partial charge in [0.1, 0.15) is 5.82 Å². The SMILES string of the molecule is C[C@@](C#N)(Cc1ccccc1F)C(=O)O. The molecule has 0 fully saturated rings. The van der Waals surface area contributed by atoms with Crippen molar-refractivity contribution in [3.8, 4) is 6.07 Å². The molecule has 0 spiro atoms. The highest BCUT2D eigenvalue weighted by Crippen LogP contribution is 2.23. The lowest BCUT2D eigenvalue weighted by atomic mass is 9.85. The van der Waals surface area contributed by atoms with Crippen LogP contribution in [0.1, 0.15) is 12.5 Å². The highest BCUT2D eigenvalue weighted by atomic mass is 19.1. The van der Waals surface area contributed by atoms with Gasteiger partial charge in [0.05, 0.1) is 6.07 Å². The zero-order valence-electron chi connectivity index (χ0n) is 8.20. The van der Waals surface area contributed by atoms with Crippen molar-refractivity contribution >= 4 is 5.97 Å². The summed E-state index contributed by atoms with van der Waals surface area (Å²) in [6.45, 7) is 1.28. The predicted octanol–water partition coefficient (Wildman–Crippen LogP) is 1.98. The maximum Gasteiger partial charge on any atom is 0.324 e. The van der Waals surface area contributed by atoms with Gasteiger partial charge in [-0.25, -0.2) is 4.39 Å². The van der Waals surface area contributed by atoms with Gasteiger partial charge >= 0.3 is 5.97 Å². The van der Waals surface area contributed by atoms with E-state index in [1.165, 1.54) is 25.1 Å². The molecule has 15 heavy (non-hydrogen) atoms. The fourth-order valence-electron chi connectivity index (χ4n) is 1.19. The Balaban J connectivity index is 3.01. The van der Waals surface area contributed by atoms with Gasteiger partial charge in [-0.15, -0.1) is 0 Å². The van der Waals surface area contributed by atoms with Gasteiger partial charge in [0.25, 0.3) is 0 Å². The number of nitrogens with zero attached hydrogens (tertiary/aromatic N) is 1. The lowest BCUT2D eigenvalue weighted by Gasteiger charge is -2.15. The van der Waals surface area contributed by atoms with Gasteiger partial charge in [0.15, 0.2) is 5.41 Å². The number of halogens is 1. The van der Waals surface area contributed by atoms with Crippen LogP contribution in [0.5, 0.6) is 0 Å². The van der Waals surface area contributed by atoms with E-state index in [0.29, 0.717) is 0 Å². The third-order valence-electron chi connectivity index (χ3n) is 2.22. The van der Waals surface area contributed by atoms with Crippen LogP contribution < -0.4 is 0 Å². The minimum atomic E-state index is -1.58. The second-order valence-electron chi connectivity index (χ2n) is 3.52. The summed E-state index contributed by atoms with van der Waals surface area (Å²) in [6, 6.07) is 7.54. The summed E-state index contributed by atoms with van der Waals surface area (Å²) in [6.07, 6.45) is -0.133. The van der Waals surface area contributed by atoms with Crippen LogP contribution in [0.2, 0.25) is 0 Å². The number of hydrogen-bond donors (Lipinski definition) is 1. The van der Waals surface area contributed by atoms with Crippen molar-refractivity contribution in [2.24, 2.45) is 5.41 Å². The van der Waals surface area contributed by atoms with Crippen LogP contribution in [0, 0.1) is 22.6 Å². The largest absolute Gasteiger partial charge is 0.480 e. The molecule has 3 nitrogen and oxygen atoms in total. The summed E-state index contributed by atoms with van der Waals surface area (Å²) in [4.78, 5) is 10.8. The van der Waals surface area contributed by atoms with Gasteiger partial charge in [-0.05, 0) is 18.6 Å². The van der Waals surface area contributed by atoms with Crippen molar-refractivity contribution in [2.75, 3.05) is 0 Å². The van der Waals surface area contributed by atoms with Gasteiger partial charge in [-0.1, -0.05) is 18.2 Å². The Hall–Kier alpha value is -1.89. The first-order valence-electron chi connectivity index (χ1n) is 4.37. The van der Waals surface area contributed by atoms with Crippen molar-refractivity contribution in [1.29, 1.82) is 5.26 Å². The summed E-state index contributed by atoms with van der Waals surface area (Å²) < 4.78 is 13.2. The highest BCUT2D eigenvalue weighted by molar-refractivity contribution is 5.77. The Kier molecular flexibility index (Phi) is 3.05. The van der Waals surface area contributed by atoms with E-state index in [0.717, 1.165) is 0 Å². The van der Waals surface area contributed by atoms with Crippen molar-refractivity contribution in [1.82, 2.24) is 0 Å². The molecule has 0 amide bonds. The van der Waals surface area contributed by atoms with Crippen LogP contribution in [0.3, 0.4) is 0 Å². The topological polar surface area (TPSA) is 61.1 Å². The average molecular weight is 207 g/mol. The Morgan fingerprint density at radius 3 is 2.67 bits per heavy atom. The maximum absolute atomic E-state index is 13.2. The van der Waals surface area contributed by atoms with Crippen LogP contribution in [0.25, 0.3) is 0 Å². The number of hydrogen-bond acceptors (Lipinski definition) is 2. The highest BCUT2D eigenvalue weighted by Gasteiger charge is 2.34. The summed E-state index contributed by atoms with van der Waals surface area (Å²) in [5.41, 5.74) is -1.34. The Bertz CT molecular complexity index is 425. The molecule has 0 radical (unpaired) electrons. The first-order chi connectivity index (χ1) is 6.99. The van der Waals surface area contributed by atoms with Crippen molar-refractivity contribution in [3.05, 3.63) is 35.6 Å². The number of rotatable bonds is 3. The fourth-order valence-corrected chi connectivity index (χ4v) is 1.19. The number of carbonyl (C=O) groups is 1. The van der Waals surface area contributed by atoms with Gasteiger partial charge < -0.3 is 5.11 Å². The molecular formula is C11H10FNO2. The van der Waals surface area contributed by atoms with E-state index in [-0.39, 0.29) is 12.0 Å². The molecule has 0 unspecified atom stereocenters. The summed E-state index contributed by atoms with van der Waals surface area (Å²) >= 11 is 0. The molecule has 0 bridgehead atoms. The van der Waals surface area contributed by atoms with Gasteiger partial charge in [-0.2, -0.15) is 5.26 Å². The first kappa shape index (κ1) is 11.2. The molecule has 1 aromatic rings. The molecular weight excluding hydrogens is 197 g/mol. The molecule has 0 aliphatic heterocycles. The summed E-state index contributed by atoms with van der Waals surface area (Å²) in [5.74, 6) is -1.73. The minimum absolute atomic E-state index is 0.133. The number of carboxylic acids is 1. The third kappa shape index (κ3) is 2.32. The molecule has 0 saturated carbocycles. The number of aliphatic carboxylic acids is 1. The predicted molar refractivity (Wildman–Crippen MR) is 51.5 cm³/mol. The average Bonchev–Trinajstić information content (AvgIpc) is 2.21. The van der Waals surface area contributed by atoms with E-state index in [1.807, 2.05) is 0 Å². The number of carboxylic acid groups (broad SMARTS) is 1. The molecule has 0 aliphatic carbocycles. The van der Waals surface area contributed by atoms with E-state index >= 15 is 0 Å². The van der Waals surface area contributed by atoms with E-state index < -0.39 is 17.2 Å². The molecule has 0 aromatic heterocycles. The molecule has 1 atom stereocenters. The lowest BCUT2D eigenvalue weighted by Crippen LogP contribution is -2.28. The molecule has 0 aliphatic rings. The monoisotopic (exact) mass is 207 g/mol. The Labute approximate surface area is 86.8 Å². The lowest BCUT2D eigenvalue weighted by molar-refractivity contribution is -0.144. The van der Waals surface area contributed by atoms with Crippen molar-refractivity contribution in [2.45, 2.75) is 13.3 Å². The minimum Gasteiger partial charge on any atom is -0.480 e. The van der Waals surface area contributed by atoms with Crippen molar-refractivity contribution < 1.29 is 14.3 Å². The van der Waals surface area contributed by atoms with E-state index in [2.05, 4.69) is 0 Å². The molecule has 1 rings (SSSR count). The summed E-state index contributed by atoms with van der Waals surface area (Å²) in [5, 5.41) is 17.6. The number of benzene rings is 1. The second kappa shape index (κ2) is 4.09. The van der Waals surface area contributed by atoms with Gasteiger partial charge in [0.2, 0.25) is 0 Å². The van der Waals surface area contributed by atoms with Gasteiger partial charge in [0, 0.05) is 6.42 Å². The Morgan fingerprint density at radius 1 is 1.60 bits per heavy atom. The second-order valence-corrected chi connectivity index (χ2v) is 3.52. The van der Waals surface area contributed by atoms with Crippen LogP contribution in [0.15, 0.2) is 24.3 Å². The molecule has 0 heterocycles. The standard InChI is InChI=1S/C11H10FNO2/c1-11(7-13,10(14)15)6-8-4-2-3-5-9(8)12/h2-5H,6H2,1H3,(H,14,15)/t11-/m0/s1. The smallest absolute Gasteiger partial charge is 0.324 e. The zero-order chi connectivity index (χ0) is 11.5. The van der Waals surface area contributed by atoms with E-state index in [4.69, 9.17) is 10.4 Å². The third-order valence-corrected chi connectivity index (χ3v) is 2.22. The van der Waals surface area contributed by atoms with E-state index in [1.54, 1.807) is 12.1 Å². The quantitative estimate of drug-likeness (QED) is 0.824. The summed E-state index contributed by atoms with van der Waals surface area (Å²) in [7, 11) is 0. The molecule has 4 heteroatoms. The molecule has 1 N–H and O–H groups in total. The van der Waals surface area contributed by atoms with Crippen LogP contribution in [-0.4, -0.2) is 11.1 Å². The van der Waals surface area contributed by atoms with Crippen LogP contribution >= 0.6 is 0 Å².